The molecule has 2 heterocycles. The number of hydrogen-bond acceptors (Lipinski definition) is 2. The Kier molecular flexibility index (Phi) is 3.59. The molecule has 0 radical (unpaired) electrons. The summed E-state index contributed by atoms with van der Waals surface area (Å²) in [5.74, 6) is 0.182. The zero-order chi connectivity index (χ0) is 15.1. The first kappa shape index (κ1) is 14.3. The molecule has 3 nitrogen and oxygen atoms in total. The summed E-state index contributed by atoms with van der Waals surface area (Å²) >= 11 is 12.1. The molecule has 0 bridgehead atoms. The fraction of sp³-hybridized carbons (Fsp3) is 0.200. The zero-order valence-electron chi connectivity index (χ0n) is 11.4. The van der Waals surface area contributed by atoms with Gasteiger partial charge in [0.2, 0.25) is 0 Å². The first-order valence-electron chi connectivity index (χ1n) is 6.43. The lowest BCUT2D eigenvalue weighted by Gasteiger charge is -2.10. The van der Waals surface area contributed by atoms with Crippen LogP contribution in [0.3, 0.4) is 0 Å². The molecule has 0 aliphatic carbocycles. The van der Waals surface area contributed by atoms with Gasteiger partial charge in [0.1, 0.15) is 17.2 Å². The van der Waals surface area contributed by atoms with Crippen molar-refractivity contribution in [1.29, 1.82) is 0 Å². The maximum Gasteiger partial charge on any atom is 0.164 e. The van der Waals surface area contributed by atoms with Gasteiger partial charge in [0.25, 0.3) is 0 Å². The largest absolute Gasteiger partial charge is 0.279 e. The number of fused-ring (bicyclic) bond motifs is 1. The van der Waals surface area contributed by atoms with E-state index in [2.05, 4.69) is 9.97 Å². The highest BCUT2D eigenvalue weighted by molar-refractivity contribution is 6.30. The Bertz CT molecular complexity index is 827. The van der Waals surface area contributed by atoms with Crippen molar-refractivity contribution in [2.45, 2.75) is 19.2 Å². The number of aryl methyl sites for hydroxylation is 1. The van der Waals surface area contributed by atoms with Gasteiger partial charge in [-0.3, -0.25) is 4.57 Å². The zero-order valence-corrected chi connectivity index (χ0v) is 13.0. The summed E-state index contributed by atoms with van der Waals surface area (Å²) in [7, 11) is 0. The molecule has 0 aliphatic heterocycles. The number of nitrogens with zero attached hydrogens (tertiary/aromatic N) is 3. The van der Waals surface area contributed by atoms with Gasteiger partial charge in [-0.25, -0.2) is 14.4 Å². The summed E-state index contributed by atoms with van der Waals surface area (Å²) < 4.78 is 15.2. The number of aromatic nitrogens is 3. The number of benzene rings is 1. The molecular weight excluding hydrogens is 312 g/mol. The second-order valence-electron chi connectivity index (χ2n) is 4.82. The van der Waals surface area contributed by atoms with Gasteiger partial charge in [-0.1, -0.05) is 11.6 Å². The number of rotatable bonds is 2. The van der Waals surface area contributed by atoms with Gasteiger partial charge in [-0.2, -0.15) is 0 Å². The Labute approximate surface area is 131 Å². The molecule has 0 spiro atoms. The van der Waals surface area contributed by atoms with Crippen LogP contribution in [0.4, 0.5) is 4.39 Å². The molecule has 0 saturated carbocycles. The third-order valence-corrected chi connectivity index (χ3v) is 3.67. The average molecular weight is 324 g/mol. The molecule has 3 aromatic rings. The lowest BCUT2D eigenvalue weighted by atomic mass is 10.3. The number of alkyl halides is 1. The monoisotopic (exact) mass is 323 g/mol. The van der Waals surface area contributed by atoms with Crippen molar-refractivity contribution >= 4 is 34.4 Å². The highest BCUT2D eigenvalue weighted by Crippen LogP contribution is 2.29. The summed E-state index contributed by atoms with van der Waals surface area (Å²) in [5.41, 5.74) is 2.97. The predicted molar refractivity (Wildman–Crippen MR) is 82.8 cm³/mol. The van der Waals surface area contributed by atoms with E-state index in [9.17, 15) is 4.39 Å². The molecule has 2 aromatic heterocycles. The van der Waals surface area contributed by atoms with E-state index in [1.165, 1.54) is 6.07 Å². The number of hydrogen-bond donors (Lipinski definition) is 0. The summed E-state index contributed by atoms with van der Waals surface area (Å²) in [4.78, 5) is 9.03. The molecule has 0 amide bonds. The average Bonchev–Trinajstić information content (AvgIpc) is 2.80. The van der Waals surface area contributed by atoms with E-state index in [-0.39, 0.29) is 10.4 Å². The van der Waals surface area contributed by atoms with Crippen LogP contribution in [0.5, 0.6) is 0 Å². The quantitative estimate of drug-likeness (QED) is 0.633. The number of imidazole rings is 1. The predicted octanol–water partition coefficient (Wildman–Crippen LogP) is 4.82. The van der Waals surface area contributed by atoms with E-state index >= 15 is 0 Å². The molecule has 0 aliphatic rings. The maximum absolute atomic E-state index is 13.4. The van der Waals surface area contributed by atoms with Crippen molar-refractivity contribution in [3.8, 4) is 5.69 Å². The molecule has 3 rings (SSSR count). The van der Waals surface area contributed by atoms with Gasteiger partial charge >= 0.3 is 0 Å². The van der Waals surface area contributed by atoms with Gasteiger partial charge in [-0.15, -0.1) is 11.6 Å². The van der Waals surface area contributed by atoms with Crippen molar-refractivity contribution in [3.63, 3.8) is 0 Å². The summed E-state index contributed by atoms with van der Waals surface area (Å²) in [5, 5.41) is -0.265. The van der Waals surface area contributed by atoms with E-state index in [4.69, 9.17) is 23.2 Å². The SMILES string of the molecule is Cc1ccc2nc(C(C)Cl)n(-c3ccc(F)c(Cl)c3)c2n1. The lowest BCUT2D eigenvalue weighted by Crippen LogP contribution is -2.03. The van der Waals surface area contributed by atoms with E-state index in [0.717, 1.165) is 11.2 Å². The molecule has 6 heteroatoms. The van der Waals surface area contributed by atoms with Crippen LogP contribution in [0.25, 0.3) is 16.9 Å². The van der Waals surface area contributed by atoms with Crippen LogP contribution in [0.1, 0.15) is 23.8 Å². The minimum atomic E-state index is -0.463. The normalized spacial score (nSPS) is 12.8. The molecular formula is C15H12Cl2FN3. The van der Waals surface area contributed by atoms with Crippen LogP contribution in [0.2, 0.25) is 5.02 Å². The molecule has 0 saturated heterocycles. The van der Waals surface area contributed by atoms with E-state index in [0.29, 0.717) is 17.2 Å². The van der Waals surface area contributed by atoms with Gasteiger partial charge in [0.15, 0.2) is 5.65 Å². The van der Waals surface area contributed by atoms with E-state index in [1.54, 1.807) is 12.1 Å². The van der Waals surface area contributed by atoms with Crippen LogP contribution in [0, 0.1) is 12.7 Å². The van der Waals surface area contributed by atoms with Crippen molar-refractivity contribution in [1.82, 2.24) is 14.5 Å². The Hall–Kier alpha value is -1.65. The third-order valence-electron chi connectivity index (χ3n) is 3.19. The molecule has 0 fully saturated rings. The molecule has 1 aromatic carbocycles. The first-order valence-corrected chi connectivity index (χ1v) is 7.24. The van der Waals surface area contributed by atoms with Gasteiger partial charge in [0.05, 0.1) is 16.1 Å². The van der Waals surface area contributed by atoms with Crippen molar-refractivity contribution in [2.24, 2.45) is 0 Å². The topological polar surface area (TPSA) is 30.7 Å². The Morgan fingerprint density at radius 3 is 2.62 bits per heavy atom. The standard InChI is InChI=1S/C15H12Cl2FN3/c1-8-3-6-13-15(19-8)21(14(20-13)9(2)16)10-4-5-12(18)11(17)7-10/h3-7,9H,1-2H3. The van der Waals surface area contributed by atoms with Gasteiger partial charge in [0, 0.05) is 5.69 Å². The second-order valence-corrected chi connectivity index (χ2v) is 5.88. The number of pyridine rings is 1. The highest BCUT2D eigenvalue weighted by Gasteiger charge is 2.18. The summed E-state index contributed by atoms with van der Waals surface area (Å²) in [6, 6.07) is 8.28. The van der Waals surface area contributed by atoms with Crippen molar-refractivity contribution in [2.75, 3.05) is 0 Å². The van der Waals surface area contributed by atoms with Gasteiger partial charge < -0.3 is 0 Å². The molecule has 1 unspecified atom stereocenters. The smallest absolute Gasteiger partial charge is 0.164 e. The lowest BCUT2D eigenvalue weighted by molar-refractivity contribution is 0.627. The fourth-order valence-electron chi connectivity index (χ4n) is 2.21. The molecule has 0 N–H and O–H groups in total. The van der Waals surface area contributed by atoms with E-state index in [1.807, 2.05) is 30.5 Å². The highest BCUT2D eigenvalue weighted by atomic mass is 35.5. The minimum Gasteiger partial charge on any atom is -0.279 e. The van der Waals surface area contributed by atoms with Gasteiger partial charge in [-0.05, 0) is 44.2 Å². The first-order chi connectivity index (χ1) is 9.97. The van der Waals surface area contributed by atoms with Crippen LogP contribution < -0.4 is 0 Å². The van der Waals surface area contributed by atoms with Crippen LogP contribution in [0.15, 0.2) is 30.3 Å². The maximum atomic E-state index is 13.4. The van der Waals surface area contributed by atoms with Crippen LogP contribution in [-0.4, -0.2) is 14.5 Å². The van der Waals surface area contributed by atoms with Crippen molar-refractivity contribution < 1.29 is 4.39 Å². The Balaban J connectivity index is 2.35. The fourth-order valence-corrected chi connectivity index (χ4v) is 2.54. The summed E-state index contributed by atoms with van der Waals surface area (Å²) in [6.45, 7) is 3.73. The van der Waals surface area contributed by atoms with Crippen LogP contribution >= 0.6 is 23.2 Å². The van der Waals surface area contributed by atoms with E-state index < -0.39 is 5.82 Å². The number of halogens is 3. The Morgan fingerprint density at radius 2 is 1.95 bits per heavy atom. The van der Waals surface area contributed by atoms with Crippen molar-refractivity contribution in [3.05, 3.63) is 52.7 Å². The molecule has 1 atom stereocenters. The minimum absolute atomic E-state index is 0.0511. The summed E-state index contributed by atoms with van der Waals surface area (Å²) in [6.07, 6.45) is 0. The van der Waals surface area contributed by atoms with Crippen LogP contribution in [-0.2, 0) is 0 Å². The Morgan fingerprint density at radius 1 is 1.19 bits per heavy atom. The molecule has 108 valence electrons. The second kappa shape index (κ2) is 5.28. The molecule has 21 heavy (non-hydrogen) atoms. The third kappa shape index (κ3) is 2.49.